The predicted molar refractivity (Wildman–Crippen MR) is 62.1 cm³/mol. The summed E-state index contributed by atoms with van der Waals surface area (Å²) in [5, 5.41) is 2.24. The van der Waals surface area contributed by atoms with Gasteiger partial charge in [-0.3, -0.25) is 4.79 Å². The highest BCUT2D eigenvalue weighted by Crippen LogP contribution is 2.30. The molecule has 0 spiro atoms. The highest BCUT2D eigenvalue weighted by atomic mass is 16.1. The minimum Gasteiger partial charge on any atom is -0.298 e. The molecule has 1 heteroatoms. The van der Waals surface area contributed by atoms with Gasteiger partial charge in [0.05, 0.1) is 0 Å². The first kappa shape index (κ1) is 8.42. The third kappa shape index (κ3) is 1.13. The van der Waals surface area contributed by atoms with Crippen molar-refractivity contribution in [3.05, 3.63) is 53.1 Å². The van der Waals surface area contributed by atoms with Gasteiger partial charge in [-0.05, 0) is 34.4 Å². The minimum absolute atomic E-state index is 0.799. The van der Waals surface area contributed by atoms with Gasteiger partial charge in [0.15, 0.2) is 6.29 Å². The average Bonchev–Trinajstić information content (AvgIpc) is 2.76. The van der Waals surface area contributed by atoms with Crippen LogP contribution < -0.4 is 0 Å². The maximum Gasteiger partial charge on any atom is 0.150 e. The highest BCUT2D eigenvalue weighted by Gasteiger charge is 2.11. The van der Waals surface area contributed by atoms with Gasteiger partial charge in [-0.1, -0.05) is 36.4 Å². The van der Waals surface area contributed by atoms with E-state index in [1.165, 1.54) is 16.5 Å². The molecule has 3 rings (SSSR count). The van der Waals surface area contributed by atoms with E-state index < -0.39 is 0 Å². The maximum absolute atomic E-state index is 11.0. The molecule has 2 aromatic carbocycles. The summed E-state index contributed by atoms with van der Waals surface area (Å²) in [7, 11) is 0. The van der Waals surface area contributed by atoms with E-state index in [-0.39, 0.29) is 0 Å². The molecule has 0 fully saturated rings. The second kappa shape index (κ2) is 3.06. The lowest BCUT2D eigenvalue weighted by Gasteiger charge is -2.07. The van der Waals surface area contributed by atoms with Crippen LogP contribution in [0.5, 0.6) is 0 Å². The van der Waals surface area contributed by atoms with Crippen molar-refractivity contribution < 1.29 is 4.79 Å². The van der Waals surface area contributed by atoms with Crippen LogP contribution in [0.1, 0.15) is 21.5 Å². The van der Waals surface area contributed by atoms with Crippen molar-refractivity contribution in [1.29, 1.82) is 0 Å². The zero-order valence-electron chi connectivity index (χ0n) is 8.23. The van der Waals surface area contributed by atoms with Gasteiger partial charge in [0.25, 0.3) is 0 Å². The molecule has 0 saturated carbocycles. The number of hydrogen-bond acceptors (Lipinski definition) is 1. The van der Waals surface area contributed by atoms with Gasteiger partial charge in [-0.2, -0.15) is 0 Å². The Morgan fingerprint density at radius 2 is 1.93 bits per heavy atom. The van der Waals surface area contributed by atoms with Gasteiger partial charge < -0.3 is 0 Å². The van der Waals surface area contributed by atoms with E-state index >= 15 is 0 Å². The summed E-state index contributed by atoms with van der Waals surface area (Å²) in [6.45, 7) is 0. The van der Waals surface area contributed by atoms with Gasteiger partial charge in [-0.15, -0.1) is 0 Å². The van der Waals surface area contributed by atoms with Crippen LogP contribution in [0.4, 0.5) is 0 Å². The molecule has 0 unspecified atom stereocenters. The Hall–Kier alpha value is -1.89. The molecule has 0 aromatic heterocycles. The molecule has 0 N–H and O–H groups in total. The third-order valence-corrected chi connectivity index (χ3v) is 2.95. The van der Waals surface area contributed by atoms with E-state index in [0.29, 0.717) is 0 Å². The van der Waals surface area contributed by atoms with Crippen LogP contribution in [0.15, 0.2) is 36.4 Å². The van der Waals surface area contributed by atoms with E-state index in [9.17, 15) is 4.79 Å². The quantitative estimate of drug-likeness (QED) is 0.637. The summed E-state index contributed by atoms with van der Waals surface area (Å²) in [4.78, 5) is 11.0. The SMILES string of the molecule is O=Cc1cc2c(c3ccccc13)C=CC2. The van der Waals surface area contributed by atoms with Gasteiger partial charge in [0.1, 0.15) is 0 Å². The molecule has 1 nitrogen and oxygen atoms in total. The summed E-state index contributed by atoms with van der Waals surface area (Å²) in [6, 6.07) is 10.1. The molecule has 1 aliphatic carbocycles. The zero-order valence-corrected chi connectivity index (χ0v) is 8.23. The van der Waals surface area contributed by atoms with Crippen LogP contribution in [0.2, 0.25) is 0 Å². The molecule has 0 atom stereocenters. The Bertz CT molecular complexity index is 579. The van der Waals surface area contributed by atoms with Gasteiger partial charge in [-0.25, -0.2) is 0 Å². The van der Waals surface area contributed by atoms with E-state index in [4.69, 9.17) is 0 Å². The van der Waals surface area contributed by atoms with Gasteiger partial charge in [0.2, 0.25) is 0 Å². The Labute approximate surface area is 88.0 Å². The molecular weight excluding hydrogens is 184 g/mol. The van der Waals surface area contributed by atoms with E-state index in [1.807, 2.05) is 24.3 Å². The van der Waals surface area contributed by atoms with Crippen molar-refractivity contribution in [3.8, 4) is 0 Å². The molecule has 15 heavy (non-hydrogen) atoms. The normalized spacial score (nSPS) is 13.1. The number of aldehydes is 1. The first-order chi connectivity index (χ1) is 7.40. The topological polar surface area (TPSA) is 17.1 Å². The van der Waals surface area contributed by atoms with Crippen molar-refractivity contribution in [2.24, 2.45) is 0 Å². The maximum atomic E-state index is 11.0. The Morgan fingerprint density at radius 1 is 1.13 bits per heavy atom. The Kier molecular flexibility index (Phi) is 1.72. The van der Waals surface area contributed by atoms with Crippen molar-refractivity contribution >= 4 is 23.1 Å². The zero-order chi connectivity index (χ0) is 10.3. The van der Waals surface area contributed by atoms with Crippen molar-refractivity contribution in [2.45, 2.75) is 6.42 Å². The fourth-order valence-corrected chi connectivity index (χ4v) is 2.25. The number of fused-ring (bicyclic) bond motifs is 3. The van der Waals surface area contributed by atoms with Crippen LogP contribution >= 0.6 is 0 Å². The predicted octanol–water partition coefficient (Wildman–Crippen LogP) is 3.22. The summed E-state index contributed by atoms with van der Waals surface area (Å²) in [5.41, 5.74) is 3.33. The third-order valence-electron chi connectivity index (χ3n) is 2.95. The first-order valence-electron chi connectivity index (χ1n) is 5.06. The van der Waals surface area contributed by atoms with E-state index in [2.05, 4.69) is 18.2 Å². The van der Waals surface area contributed by atoms with E-state index in [1.54, 1.807) is 0 Å². The lowest BCUT2D eigenvalue weighted by atomic mass is 9.97. The number of rotatable bonds is 1. The standard InChI is InChI=1S/C14H10O/c15-9-11-8-10-4-3-7-12(10)14-6-2-1-5-13(11)14/h1-3,5-9H,4H2. The van der Waals surface area contributed by atoms with Crippen LogP contribution in [-0.2, 0) is 6.42 Å². The molecule has 0 amide bonds. The van der Waals surface area contributed by atoms with Crippen LogP contribution in [0, 0.1) is 0 Å². The fourth-order valence-electron chi connectivity index (χ4n) is 2.25. The van der Waals surface area contributed by atoms with Crippen molar-refractivity contribution in [1.82, 2.24) is 0 Å². The van der Waals surface area contributed by atoms with Gasteiger partial charge >= 0.3 is 0 Å². The Morgan fingerprint density at radius 3 is 2.73 bits per heavy atom. The summed E-state index contributed by atoms with van der Waals surface area (Å²) < 4.78 is 0. The first-order valence-corrected chi connectivity index (χ1v) is 5.06. The number of carbonyl (C=O) groups is 1. The largest absolute Gasteiger partial charge is 0.298 e. The lowest BCUT2D eigenvalue weighted by molar-refractivity contribution is 0.112. The van der Waals surface area contributed by atoms with Crippen LogP contribution in [0.3, 0.4) is 0 Å². The van der Waals surface area contributed by atoms with Crippen molar-refractivity contribution in [2.75, 3.05) is 0 Å². The summed E-state index contributed by atoms with van der Waals surface area (Å²) in [5.74, 6) is 0. The Balaban J connectivity index is 2.50. The second-order valence-electron chi connectivity index (χ2n) is 3.81. The van der Waals surface area contributed by atoms with Crippen LogP contribution in [-0.4, -0.2) is 6.29 Å². The fraction of sp³-hybridized carbons (Fsp3) is 0.0714. The van der Waals surface area contributed by atoms with Gasteiger partial charge in [0, 0.05) is 5.56 Å². The summed E-state index contributed by atoms with van der Waals surface area (Å²) >= 11 is 0. The van der Waals surface area contributed by atoms with Crippen molar-refractivity contribution in [3.63, 3.8) is 0 Å². The molecule has 0 saturated heterocycles. The smallest absolute Gasteiger partial charge is 0.150 e. The molecule has 0 bridgehead atoms. The number of hydrogen-bond donors (Lipinski definition) is 0. The minimum atomic E-state index is 0.799. The molecule has 1 aliphatic rings. The summed E-state index contributed by atoms with van der Waals surface area (Å²) in [6.07, 6.45) is 6.18. The number of benzene rings is 2. The monoisotopic (exact) mass is 194 g/mol. The highest BCUT2D eigenvalue weighted by molar-refractivity contribution is 6.03. The van der Waals surface area contributed by atoms with Crippen LogP contribution in [0.25, 0.3) is 16.8 Å². The second-order valence-corrected chi connectivity index (χ2v) is 3.81. The lowest BCUT2D eigenvalue weighted by Crippen LogP contribution is -1.90. The number of allylic oxidation sites excluding steroid dienone is 1. The molecule has 0 aliphatic heterocycles. The van der Waals surface area contributed by atoms with E-state index in [0.717, 1.165) is 23.7 Å². The molecule has 0 heterocycles. The number of carbonyl (C=O) groups excluding carboxylic acids is 1. The molecule has 2 aromatic rings. The molecule has 72 valence electrons. The molecular formula is C14H10O. The average molecular weight is 194 g/mol. The molecule has 0 radical (unpaired) electrons.